The van der Waals surface area contributed by atoms with Crippen molar-refractivity contribution in [3.8, 4) is 0 Å². The number of carbonyl (C=O) groups excluding carboxylic acids is 1. The van der Waals surface area contributed by atoms with Gasteiger partial charge in [0, 0.05) is 0 Å². The van der Waals surface area contributed by atoms with Crippen LogP contribution in [-0.2, 0) is 14.3 Å². The Hall–Kier alpha value is -0.510. The van der Waals surface area contributed by atoms with Gasteiger partial charge in [-0.1, -0.05) is 0 Å². The molecule has 4 heteroatoms. The van der Waals surface area contributed by atoms with Crippen molar-refractivity contribution in [2.24, 2.45) is 0 Å². The standard InChI is InChI=1S/C5H7BrO3/c1-8-3-4(6)5(7)9-2/h3H,1-2H3. The van der Waals surface area contributed by atoms with Crippen LogP contribution in [0.4, 0.5) is 0 Å². The van der Waals surface area contributed by atoms with Crippen molar-refractivity contribution < 1.29 is 14.3 Å². The van der Waals surface area contributed by atoms with Crippen molar-refractivity contribution in [1.82, 2.24) is 0 Å². The smallest absolute Gasteiger partial charge is 0.348 e. The Balaban J connectivity index is 3.86. The summed E-state index contributed by atoms with van der Waals surface area (Å²) in [5, 5.41) is 0. The highest BCUT2D eigenvalue weighted by molar-refractivity contribution is 9.12. The summed E-state index contributed by atoms with van der Waals surface area (Å²) in [6.07, 6.45) is 1.26. The lowest BCUT2D eigenvalue weighted by Gasteiger charge is -1.94. The van der Waals surface area contributed by atoms with Crippen molar-refractivity contribution in [2.75, 3.05) is 14.2 Å². The van der Waals surface area contributed by atoms with Crippen LogP contribution in [0.1, 0.15) is 0 Å². The molecule has 0 aromatic heterocycles. The number of hydrogen-bond donors (Lipinski definition) is 0. The van der Waals surface area contributed by atoms with Gasteiger partial charge in [0.2, 0.25) is 0 Å². The molecule has 0 saturated heterocycles. The van der Waals surface area contributed by atoms with Crippen LogP contribution in [0.5, 0.6) is 0 Å². The van der Waals surface area contributed by atoms with Gasteiger partial charge in [-0.25, -0.2) is 4.79 Å². The largest absolute Gasteiger partial charge is 0.503 e. The summed E-state index contributed by atoms with van der Waals surface area (Å²) >= 11 is 2.93. The maximum atomic E-state index is 10.5. The van der Waals surface area contributed by atoms with Crippen LogP contribution in [0.3, 0.4) is 0 Å². The lowest BCUT2D eigenvalue weighted by Crippen LogP contribution is -1.99. The SMILES string of the molecule is COC=C(Br)C(=O)OC. The molecule has 0 aliphatic carbocycles. The summed E-state index contributed by atoms with van der Waals surface area (Å²) in [4.78, 5) is 10.5. The first-order valence-corrected chi connectivity index (χ1v) is 2.98. The average molecular weight is 195 g/mol. The molecule has 0 fully saturated rings. The normalized spacial score (nSPS) is 10.8. The van der Waals surface area contributed by atoms with Crippen LogP contribution in [0.15, 0.2) is 10.7 Å². The third kappa shape index (κ3) is 3.13. The molecule has 0 aliphatic heterocycles. The number of methoxy groups -OCH3 is 2. The van der Waals surface area contributed by atoms with Crippen LogP contribution in [0.25, 0.3) is 0 Å². The number of ether oxygens (including phenoxy) is 2. The Labute approximate surface area is 61.8 Å². The quantitative estimate of drug-likeness (QED) is 0.375. The molecule has 52 valence electrons. The molecule has 0 saturated carbocycles. The summed E-state index contributed by atoms with van der Waals surface area (Å²) in [6.45, 7) is 0. The molecule has 9 heavy (non-hydrogen) atoms. The molecular weight excluding hydrogens is 188 g/mol. The number of esters is 1. The van der Waals surface area contributed by atoms with E-state index in [1.165, 1.54) is 20.5 Å². The molecule has 3 nitrogen and oxygen atoms in total. The van der Waals surface area contributed by atoms with Gasteiger partial charge in [-0.05, 0) is 15.9 Å². The van der Waals surface area contributed by atoms with Gasteiger partial charge >= 0.3 is 5.97 Å². The van der Waals surface area contributed by atoms with Crippen molar-refractivity contribution in [2.45, 2.75) is 0 Å². The Morgan fingerprint density at radius 3 is 2.44 bits per heavy atom. The first-order chi connectivity index (χ1) is 4.22. The molecular formula is C5H7BrO3. The molecule has 0 heterocycles. The minimum Gasteiger partial charge on any atom is -0.503 e. The molecule has 0 radical (unpaired) electrons. The van der Waals surface area contributed by atoms with Crippen molar-refractivity contribution in [3.05, 3.63) is 10.7 Å². The average Bonchev–Trinajstić information content (AvgIpc) is 1.87. The third-order valence-electron chi connectivity index (χ3n) is 0.602. The Morgan fingerprint density at radius 1 is 1.56 bits per heavy atom. The molecule has 0 aromatic rings. The van der Waals surface area contributed by atoms with Crippen molar-refractivity contribution >= 4 is 21.9 Å². The zero-order valence-electron chi connectivity index (χ0n) is 5.18. The van der Waals surface area contributed by atoms with Gasteiger partial charge in [-0.15, -0.1) is 0 Å². The molecule has 0 atom stereocenters. The molecule has 0 aliphatic rings. The zero-order chi connectivity index (χ0) is 7.28. The van der Waals surface area contributed by atoms with Crippen LogP contribution in [0, 0.1) is 0 Å². The second-order valence-electron chi connectivity index (χ2n) is 1.19. The molecule has 0 bridgehead atoms. The molecule has 0 rings (SSSR count). The summed E-state index contributed by atoms with van der Waals surface area (Å²) in [5.74, 6) is -0.447. The number of hydrogen-bond acceptors (Lipinski definition) is 3. The number of carbonyl (C=O) groups is 1. The molecule has 0 spiro atoms. The number of rotatable bonds is 2. The highest BCUT2D eigenvalue weighted by Gasteiger charge is 2.03. The van der Waals surface area contributed by atoms with Crippen LogP contribution in [-0.4, -0.2) is 20.2 Å². The van der Waals surface area contributed by atoms with Gasteiger partial charge < -0.3 is 9.47 Å². The minimum absolute atomic E-state index is 0.271. The zero-order valence-corrected chi connectivity index (χ0v) is 6.77. The predicted octanol–water partition coefficient (Wildman–Crippen LogP) is 1.04. The van der Waals surface area contributed by atoms with Gasteiger partial charge in [0.25, 0.3) is 0 Å². The van der Waals surface area contributed by atoms with E-state index in [2.05, 4.69) is 25.4 Å². The topological polar surface area (TPSA) is 35.5 Å². The highest BCUT2D eigenvalue weighted by Crippen LogP contribution is 2.05. The van der Waals surface area contributed by atoms with Gasteiger partial charge in [0.15, 0.2) is 0 Å². The van der Waals surface area contributed by atoms with Gasteiger partial charge in [0.05, 0.1) is 14.2 Å². The monoisotopic (exact) mass is 194 g/mol. The van der Waals surface area contributed by atoms with Crippen LogP contribution >= 0.6 is 15.9 Å². The Kier molecular flexibility index (Phi) is 4.13. The highest BCUT2D eigenvalue weighted by atomic mass is 79.9. The van der Waals surface area contributed by atoms with E-state index in [4.69, 9.17) is 0 Å². The maximum Gasteiger partial charge on any atom is 0.348 e. The lowest BCUT2D eigenvalue weighted by molar-refractivity contribution is -0.135. The van der Waals surface area contributed by atoms with E-state index in [-0.39, 0.29) is 4.48 Å². The minimum atomic E-state index is -0.447. The van der Waals surface area contributed by atoms with Crippen molar-refractivity contribution in [1.29, 1.82) is 0 Å². The first-order valence-electron chi connectivity index (χ1n) is 2.19. The Morgan fingerprint density at radius 2 is 2.11 bits per heavy atom. The second kappa shape index (κ2) is 4.38. The molecule has 0 unspecified atom stereocenters. The summed E-state index contributed by atoms with van der Waals surface area (Å²) < 4.78 is 9.12. The van der Waals surface area contributed by atoms with E-state index < -0.39 is 5.97 Å². The van der Waals surface area contributed by atoms with Crippen LogP contribution in [0.2, 0.25) is 0 Å². The van der Waals surface area contributed by atoms with Crippen LogP contribution < -0.4 is 0 Å². The van der Waals surface area contributed by atoms with E-state index in [1.54, 1.807) is 0 Å². The van der Waals surface area contributed by atoms with E-state index in [0.29, 0.717) is 0 Å². The van der Waals surface area contributed by atoms with E-state index in [9.17, 15) is 4.79 Å². The van der Waals surface area contributed by atoms with Crippen molar-refractivity contribution in [3.63, 3.8) is 0 Å². The number of halogens is 1. The fourth-order valence-electron chi connectivity index (χ4n) is 0.249. The van der Waals surface area contributed by atoms with E-state index in [0.717, 1.165) is 0 Å². The fourth-order valence-corrected chi connectivity index (χ4v) is 0.598. The summed E-state index contributed by atoms with van der Waals surface area (Å²) in [7, 11) is 2.75. The second-order valence-corrected chi connectivity index (χ2v) is 2.05. The summed E-state index contributed by atoms with van der Waals surface area (Å²) in [5.41, 5.74) is 0. The third-order valence-corrected chi connectivity index (χ3v) is 1.11. The van der Waals surface area contributed by atoms with Gasteiger partial charge in [-0.3, -0.25) is 0 Å². The Bertz CT molecular complexity index is 130. The maximum absolute atomic E-state index is 10.5. The van der Waals surface area contributed by atoms with E-state index >= 15 is 0 Å². The fraction of sp³-hybridized carbons (Fsp3) is 0.400. The first kappa shape index (κ1) is 8.49. The van der Waals surface area contributed by atoms with Gasteiger partial charge in [0.1, 0.15) is 10.7 Å². The molecule has 0 amide bonds. The summed E-state index contributed by atoms with van der Waals surface area (Å²) in [6, 6.07) is 0. The van der Waals surface area contributed by atoms with E-state index in [1.807, 2.05) is 0 Å². The molecule has 0 N–H and O–H groups in total. The van der Waals surface area contributed by atoms with Gasteiger partial charge in [-0.2, -0.15) is 0 Å². The molecule has 0 aromatic carbocycles. The predicted molar refractivity (Wildman–Crippen MR) is 36.0 cm³/mol. The lowest BCUT2D eigenvalue weighted by atomic mass is 10.6.